The molecule has 1 fully saturated rings. The normalized spacial score (nSPS) is 18.6. The van der Waals surface area contributed by atoms with Gasteiger partial charge in [-0.1, -0.05) is 28.1 Å². The standard InChI is InChI=1S/C15H15BrN2O2/c16-13-4-1-3-11(8-13)7-12(9-17)15(19)18-10-14-5-2-6-20-14/h1,3-4,7-8,14H,2,5-6,10H2,(H,18,19)/b12-7+/t14-/m0/s1. The summed E-state index contributed by atoms with van der Waals surface area (Å²) in [5, 5.41) is 11.8. The van der Waals surface area contributed by atoms with Gasteiger partial charge in [0.15, 0.2) is 0 Å². The van der Waals surface area contributed by atoms with Crippen molar-refractivity contribution in [1.82, 2.24) is 5.32 Å². The molecule has 0 bridgehead atoms. The van der Waals surface area contributed by atoms with Crippen molar-refractivity contribution >= 4 is 27.9 Å². The van der Waals surface area contributed by atoms with E-state index in [1.807, 2.05) is 30.3 Å². The second-order valence-corrected chi connectivity index (χ2v) is 5.49. The number of amides is 1. The van der Waals surface area contributed by atoms with Gasteiger partial charge in [-0.3, -0.25) is 4.79 Å². The summed E-state index contributed by atoms with van der Waals surface area (Å²) in [6, 6.07) is 9.38. The Morgan fingerprint density at radius 3 is 3.10 bits per heavy atom. The van der Waals surface area contributed by atoms with Gasteiger partial charge in [-0.2, -0.15) is 5.26 Å². The molecular weight excluding hydrogens is 320 g/mol. The first kappa shape index (κ1) is 14.8. The summed E-state index contributed by atoms with van der Waals surface area (Å²) in [5.74, 6) is -0.358. The lowest BCUT2D eigenvalue weighted by Crippen LogP contribution is -2.32. The summed E-state index contributed by atoms with van der Waals surface area (Å²) in [5.41, 5.74) is 0.907. The van der Waals surface area contributed by atoms with Crippen LogP contribution in [0.5, 0.6) is 0 Å². The van der Waals surface area contributed by atoms with Crippen molar-refractivity contribution in [1.29, 1.82) is 5.26 Å². The molecule has 1 aliphatic rings. The molecule has 1 heterocycles. The van der Waals surface area contributed by atoms with E-state index in [9.17, 15) is 4.79 Å². The molecule has 0 radical (unpaired) electrons. The molecule has 1 atom stereocenters. The summed E-state index contributed by atoms with van der Waals surface area (Å²) >= 11 is 3.36. The van der Waals surface area contributed by atoms with Gasteiger partial charge >= 0.3 is 0 Å². The number of carbonyl (C=O) groups excluding carboxylic acids is 1. The van der Waals surface area contributed by atoms with Gasteiger partial charge in [-0.15, -0.1) is 0 Å². The third-order valence-corrected chi connectivity index (χ3v) is 3.53. The van der Waals surface area contributed by atoms with Crippen molar-refractivity contribution in [2.75, 3.05) is 13.2 Å². The van der Waals surface area contributed by atoms with Crippen LogP contribution in [0.2, 0.25) is 0 Å². The fraction of sp³-hybridized carbons (Fsp3) is 0.333. The molecule has 104 valence electrons. The van der Waals surface area contributed by atoms with Gasteiger partial charge < -0.3 is 10.1 Å². The Balaban J connectivity index is 1.99. The maximum Gasteiger partial charge on any atom is 0.262 e. The number of hydrogen-bond acceptors (Lipinski definition) is 3. The predicted octanol–water partition coefficient (Wildman–Crippen LogP) is 2.65. The van der Waals surface area contributed by atoms with Gasteiger partial charge in [-0.05, 0) is 36.6 Å². The zero-order chi connectivity index (χ0) is 14.4. The molecule has 4 nitrogen and oxygen atoms in total. The molecule has 1 aliphatic heterocycles. The number of halogens is 1. The van der Waals surface area contributed by atoms with E-state index in [4.69, 9.17) is 10.00 Å². The van der Waals surface area contributed by atoms with Gasteiger partial charge in [0.25, 0.3) is 5.91 Å². The van der Waals surface area contributed by atoms with Gasteiger partial charge in [0.2, 0.25) is 0 Å². The molecule has 0 aromatic heterocycles. The van der Waals surface area contributed by atoms with E-state index in [2.05, 4.69) is 21.2 Å². The molecule has 0 saturated carbocycles. The molecule has 5 heteroatoms. The third kappa shape index (κ3) is 4.19. The molecule has 1 saturated heterocycles. The number of nitrogens with zero attached hydrogens (tertiary/aromatic N) is 1. The smallest absolute Gasteiger partial charge is 0.262 e. The quantitative estimate of drug-likeness (QED) is 0.680. The molecule has 0 unspecified atom stereocenters. The van der Waals surface area contributed by atoms with Crippen LogP contribution in [0, 0.1) is 11.3 Å². The number of hydrogen-bond donors (Lipinski definition) is 1. The second kappa shape index (κ2) is 7.22. The van der Waals surface area contributed by atoms with E-state index in [1.54, 1.807) is 6.08 Å². The van der Waals surface area contributed by atoms with E-state index in [0.717, 1.165) is 29.5 Å². The number of benzene rings is 1. The Hall–Kier alpha value is -1.64. The minimum atomic E-state index is -0.358. The first-order valence-electron chi connectivity index (χ1n) is 6.46. The van der Waals surface area contributed by atoms with E-state index in [0.29, 0.717) is 6.54 Å². The second-order valence-electron chi connectivity index (χ2n) is 4.57. The Morgan fingerprint density at radius 2 is 2.45 bits per heavy atom. The van der Waals surface area contributed by atoms with Crippen molar-refractivity contribution in [3.05, 3.63) is 39.9 Å². The molecule has 1 aromatic rings. The first-order chi connectivity index (χ1) is 9.69. The van der Waals surface area contributed by atoms with Gasteiger partial charge in [0, 0.05) is 17.6 Å². The zero-order valence-electron chi connectivity index (χ0n) is 10.9. The van der Waals surface area contributed by atoms with Gasteiger partial charge in [-0.25, -0.2) is 0 Å². The minimum absolute atomic E-state index is 0.0739. The number of ether oxygens (including phenoxy) is 1. The van der Waals surface area contributed by atoms with E-state index < -0.39 is 0 Å². The Bertz CT molecular complexity index is 557. The highest BCUT2D eigenvalue weighted by Crippen LogP contribution is 2.15. The highest BCUT2D eigenvalue weighted by molar-refractivity contribution is 9.10. The van der Waals surface area contributed by atoms with Crippen molar-refractivity contribution in [3.8, 4) is 6.07 Å². The van der Waals surface area contributed by atoms with Crippen molar-refractivity contribution in [2.45, 2.75) is 18.9 Å². The summed E-state index contributed by atoms with van der Waals surface area (Å²) in [4.78, 5) is 12.0. The van der Waals surface area contributed by atoms with Gasteiger partial charge in [0.1, 0.15) is 11.6 Å². The molecule has 0 aliphatic carbocycles. The monoisotopic (exact) mass is 334 g/mol. The van der Waals surface area contributed by atoms with Crippen LogP contribution < -0.4 is 5.32 Å². The lowest BCUT2D eigenvalue weighted by Gasteiger charge is -2.10. The molecule has 1 aromatic carbocycles. The minimum Gasteiger partial charge on any atom is -0.376 e. The van der Waals surface area contributed by atoms with Crippen LogP contribution in [0.1, 0.15) is 18.4 Å². The lowest BCUT2D eigenvalue weighted by molar-refractivity contribution is -0.117. The molecule has 0 spiro atoms. The maximum atomic E-state index is 12.0. The number of nitriles is 1. The average Bonchev–Trinajstić information content (AvgIpc) is 2.95. The summed E-state index contributed by atoms with van der Waals surface area (Å²) in [7, 11) is 0. The fourth-order valence-corrected chi connectivity index (χ4v) is 2.44. The summed E-state index contributed by atoms with van der Waals surface area (Å²) in [6.45, 7) is 1.20. The van der Waals surface area contributed by atoms with Crippen LogP contribution in [0.4, 0.5) is 0 Å². The van der Waals surface area contributed by atoms with E-state index in [-0.39, 0.29) is 17.6 Å². The Kier molecular flexibility index (Phi) is 5.33. The SMILES string of the molecule is N#C/C(=C\c1cccc(Br)c1)C(=O)NC[C@@H]1CCCO1. The fourth-order valence-electron chi connectivity index (χ4n) is 2.02. The van der Waals surface area contributed by atoms with Crippen molar-refractivity contribution in [2.24, 2.45) is 0 Å². The Morgan fingerprint density at radius 1 is 1.60 bits per heavy atom. The van der Waals surface area contributed by atoms with E-state index in [1.165, 1.54) is 0 Å². The Labute approximate surface area is 126 Å². The largest absolute Gasteiger partial charge is 0.376 e. The van der Waals surface area contributed by atoms with Crippen molar-refractivity contribution < 1.29 is 9.53 Å². The molecule has 2 rings (SSSR count). The molecule has 1 amide bonds. The van der Waals surface area contributed by atoms with Crippen molar-refractivity contribution in [3.63, 3.8) is 0 Å². The number of nitrogens with one attached hydrogen (secondary N) is 1. The van der Waals surface area contributed by atoms with Crippen LogP contribution in [0.3, 0.4) is 0 Å². The highest BCUT2D eigenvalue weighted by atomic mass is 79.9. The number of carbonyl (C=O) groups is 1. The van der Waals surface area contributed by atoms with Crippen LogP contribution >= 0.6 is 15.9 Å². The zero-order valence-corrected chi connectivity index (χ0v) is 12.5. The van der Waals surface area contributed by atoms with Crippen LogP contribution in [-0.4, -0.2) is 25.2 Å². The van der Waals surface area contributed by atoms with Crippen LogP contribution in [0.15, 0.2) is 34.3 Å². The maximum absolute atomic E-state index is 12.0. The highest BCUT2D eigenvalue weighted by Gasteiger charge is 2.17. The average molecular weight is 335 g/mol. The number of rotatable bonds is 4. The third-order valence-electron chi connectivity index (χ3n) is 3.04. The molecule has 1 N–H and O–H groups in total. The van der Waals surface area contributed by atoms with Crippen LogP contribution in [0.25, 0.3) is 6.08 Å². The van der Waals surface area contributed by atoms with E-state index >= 15 is 0 Å². The molecule has 20 heavy (non-hydrogen) atoms. The topological polar surface area (TPSA) is 62.1 Å². The van der Waals surface area contributed by atoms with Gasteiger partial charge in [0.05, 0.1) is 6.10 Å². The molecular formula is C15H15BrN2O2. The first-order valence-corrected chi connectivity index (χ1v) is 7.25. The lowest BCUT2D eigenvalue weighted by atomic mass is 10.1. The van der Waals surface area contributed by atoms with Crippen LogP contribution in [-0.2, 0) is 9.53 Å². The summed E-state index contributed by atoms with van der Waals surface area (Å²) in [6.07, 6.45) is 3.64. The predicted molar refractivity (Wildman–Crippen MR) is 79.7 cm³/mol. The summed E-state index contributed by atoms with van der Waals surface area (Å²) < 4.78 is 6.33.